The lowest BCUT2D eigenvalue weighted by molar-refractivity contribution is 0.412. The van der Waals surface area contributed by atoms with E-state index in [2.05, 4.69) is 35.0 Å². The molecule has 0 aliphatic rings. The predicted octanol–water partition coefficient (Wildman–Crippen LogP) is 3.13. The summed E-state index contributed by atoms with van der Waals surface area (Å²) < 4.78 is 6.17. The van der Waals surface area contributed by atoms with E-state index in [1.165, 1.54) is 5.56 Å². The van der Waals surface area contributed by atoms with Crippen molar-refractivity contribution in [3.05, 3.63) is 28.2 Å². The van der Waals surface area contributed by atoms with E-state index in [0.29, 0.717) is 0 Å². The van der Waals surface area contributed by atoms with Gasteiger partial charge < -0.3 is 10.5 Å². The van der Waals surface area contributed by atoms with E-state index in [-0.39, 0.29) is 6.04 Å². The Morgan fingerprint density at radius 1 is 1.47 bits per heavy atom. The van der Waals surface area contributed by atoms with E-state index >= 15 is 0 Å². The Labute approximate surface area is 99.9 Å². The maximum absolute atomic E-state index is 5.99. The van der Waals surface area contributed by atoms with Gasteiger partial charge >= 0.3 is 0 Å². The highest BCUT2D eigenvalue weighted by Gasteiger charge is 2.05. The fourth-order valence-electron chi connectivity index (χ4n) is 1.61. The molecule has 2 nitrogen and oxygen atoms in total. The summed E-state index contributed by atoms with van der Waals surface area (Å²) in [6.07, 6.45) is 3.14. The number of halogens is 1. The fourth-order valence-corrected chi connectivity index (χ4v) is 2.20. The maximum Gasteiger partial charge on any atom is 0.133 e. The first-order chi connectivity index (χ1) is 7.17. The van der Waals surface area contributed by atoms with E-state index in [0.717, 1.165) is 29.5 Å². The molecule has 3 heteroatoms. The van der Waals surface area contributed by atoms with Crippen LogP contribution in [0.25, 0.3) is 0 Å². The molecule has 2 N–H and O–H groups in total. The second-order valence-corrected chi connectivity index (χ2v) is 4.58. The minimum Gasteiger partial charge on any atom is -0.496 e. The minimum atomic E-state index is 0.260. The topological polar surface area (TPSA) is 35.2 Å². The highest BCUT2D eigenvalue weighted by atomic mass is 79.9. The predicted molar refractivity (Wildman–Crippen MR) is 67.3 cm³/mol. The third-order valence-electron chi connectivity index (χ3n) is 2.37. The first-order valence-corrected chi connectivity index (χ1v) is 6.04. The van der Waals surface area contributed by atoms with Crippen LogP contribution in [0.1, 0.15) is 25.3 Å². The molecule has 0 spiro atoms. The van der Waals surface area contributed by atoms with Crippen LogP contribution in [0.3, 0.4) is 0 Å². The van der Waals surface area contributed by atoms with Crippen LogP contribution < -0.4 is 10.5 Å². The molecule has 1 rings (SSSR count). The SMILES string of the molecule is CCCC(N)Cc1ccc(OC)c(Br)c1. The zero-order chi connectivity index (χ0) is 11.3. The number of benzene rings is 1. The highest BCUT2D eigenvalue weighted by Crippen LogP contribution is 2.26. The van der Waals surface area contributed by atoms with E-state index in [1.54, 1.807) is 7.11 Å². The molecule has 0 saturated carbocycles. The molecule has 1 aromatic carbocycles. The fraction of sp³-hybridized carbons (Fsp3) is 0.500. The number of hydrogen-bond acceptors (Lipinski definition) is 2. The monoisotopic (exact) mass is 271 g/mol. The van der Waals surface area contributed by atoms with Crippen LogP contribution in [0.15, 0.2) is 22.7 Å². The van der Waals surface area contributed by atoms with Gasteiger partial charge in [-0.1, -0.05) is 19.4 Å². The molecule has 0 fully saturated rings. The summed E-state index contributed by atoms with van der Waals surface area (Å²) in [4.78, 5) is 0. The van der Waals surface area contributed by atoms with E-state index in [9.17, 15) is 0 Å². The second-order valence-electron chi connectivity index (χ2n) is 3.72. The summed E-state index contributed by atoms with van der Waals surface area (Å²) in [5, 5.41) is 0. The molecule has 0 aliphatic heterocycles. The highest BCUT2D eigenvalue weighted by molar-refractivity contribution is 9.10. The van der Waals surface area contributed by atoms with Gasteiger partial charge in [-0.2, -0.15) is 0 Å². The van der Waals surface area contributed by atoms with Gasteiger partial charge in [-0.15, -0.1) is 0 Å². The number of hydrogen-bond donors (Lipinski definition) is 1. The Hall–Kier alpha value is -0.540. The zero-order valence-electron chi connectivity index (χ0n) is 9.29. The zero-order valence-corrected chi connectivity index (χ0v) is 10.9. The minimum absolute atomic E-state index is 0.260. The molecule has 0 amide bonds. The van der Waals surface area contributed by atoms with Gasteiger partial charge in [0.25, 0.3) is 0 Å². The molecular weight excluding hydrogens is 254 g/mol. The van der Waals surface area contributed by atoms with Gasteiger partial charge in [-0.3, -0.25) is 0 Å². The quantitative estimate of drug-likeness (QED) is 0.893. The van der Waals surface area contributed by atoms with Crippen LogP contribution in [0.2, 0.25) is 0 Å². The third-order valence-corrected chi connectivity index (χ3v) is 2.99. The van der Waals surface area contributed by atoms with Crippen molar-refractivity contribution >= 4 is 15.9 Å². The average Bonchev–Trinajstić information content (AvgIpc) is 2.18. The molecule has 0 saturated heterocycles. The van der Waals surface area contributed by atoms with Crippen molar-refractivity contribution < 1.29 is 4.74 Å². The number of nitrogens with two attached hydrogens (primary N) is 1. The van der Waals surface area contributed by atoms with Crippen molar-refractivity contribution in [3.63, 3.8) is 0 Å². The van der Waals surface area contributed by atoms with Crippen molar-refractivity contribution in [1.82, 2.24) is 0 Å². The van der Waals surface area contributed by atoms with Gasteiger partial charge in [-0.05, 0) is 46.5 Å². The molecule has 1 unspecified atom stereocenters. The number of ether oxygens (including phenoxy) is 1. The summed E-state index contributed by atoms with van der Waals surface area (Å²) in [6.45, 7) is 2.16. The summed E-state index contributed by atoms with van der Waals surface area (Å²) in [6, 6.07) is 6.38. The lowest BCUT2D eigenvalue weighted by Crippen LogP contribution is -2.22. The summed E-state index contributed by atoms with van der Waals surface area (Å²) in [7, 11) is 1.67. The summed E-state index contributed by atoms with van der Waals surface area (Å²) in [5.41, 5.74) is 7.24. The van der Waals surface area contributed by atoms with Gasteiger partial charge in [0.15, 0.2) is 0 Å². The number of methoxy groups -OCH3 is 1. The average molecular weight is 272 g/mol. The third kappa shape index (κ3) is 3.84. The standard InChI is InChI=1S/C12H18BrNO/c1-3-4-10(14)7-9-5-6-12(15-2)11(13)8-9/h5-6,8,10H,3-4,7,14H2,1-2H3. The molecule has 1 atom stereocenters. The largest absolute Gasteiger partial charge is 0.496 e. The first kappa shape index (κ1) is 12.5. The Morgan fingerprint density at radius 3 is 2.73 bits per heavy atom. The van der Waals surface area contributed by atoms with Gasteiger partial charge in [0, 0.05) is 6.04 Å². The van der Waals surface area contributed by atoms with Gasteiger partial charge in [0.2, 0.25) is 0 Å². The number of rotatable bonds is 5. The summed E-state index contributed by atoms with van der Waals surface area (Å²) in [5.74, 6) is 0.864. The molecule has 84 valence electrons. The molecule has 0 aliphatic carbocycles. The van der Waals surface area contributed by atoms with Crippen LogP contribution in [-0.2, 0) is 6.42 Å². The Morgan fingerprint density at radius 2 is 2.20 bits per heavy atom. The molecule has 15 heavy (non-hydrogen) atoms. The summed E-state index contributed by atoms with van der Waals surface area (Å²) >= 11 is 3.47. The molecule has 1 aromatic rings. The van der Waals surface area contributed by atoms with Crippen molar-refractivity contribution in [2.45, 2.75) is 32.2 Å². The molecule has 0 heterocycles. The van der Waals surface area contributed by atoms with Crippen molar-refractivity contribution in [3.8, 4) is 5.75 Å². The van der Waals surface area contributed by atoms with Crippen molar-refractivity contribution in [2.75, 3.05) is 7.11 Å². The Balaban J connectivity index is 2.66. The van der Waals surface area contributed by atoms with Crippen molar-refractivity contribution in [2.24, 2.45) is 5.73 Å². The normalized spacial score (nSPS) is 12.5. The smallest absolute Gasteiger partial charge is 0.133 e. The van der Waals surface area contributed by atoms with Crippen LogP contribution in [0.4, 0.5) is 0 Å². The molecule has 0 bridgehead atoms. The van der Waals surface area contributed by atoms with Crippen molar-refractivity contribution in [1.29, 1.82) is 0 Å². The van der Waals surface area contributed by atoms with Gasteiger partial charge in [0.1, 0.15) is 5.75 Å². The lowest BCUT2D eigenvalue weighted by Gasteiger charge is -2.11. The molecule has 0 radical (unpaired) electrons. The van der Waals surface area contributed by atoms with Crippen LogP contribution in [0, 0.1) is 0 Å². The van der Waals surface area contributed by atoms with E-state index in [4.69, 9.17) is 10.5 Å². The van der Waals surface area contributed by atoms with Crippen LogP contribution in [0.5, 0.6) is 5.75 Å². The van der Waals surface area contributed by atoms with Gasteiger partial charge in [0.05, 0.1) is 11.6 Å². The second kappa shape index (κ2) is 6.13. The molecular formula is C12H18BrNO. The van der Waals surface area contributed by atoms with E-state index in [1.807, 2.05) is 6.07 Å². The van der Waals surface area contributed by atoms with Crippen LogP contribution >= 0.6 is 15.9 Å². The first-order valence-electron chi connectivity index (χ1n) is 5.25. The van der Waals surface area contributed by atoms with Crippen LogP contribution in [-0.4, -0.2) is 13.2 Å². The molecule has 0 aromatic heterocycles. The van der Waals surface area contributed by atoms with Gasteiger partial charge in [-0.25, -0.2) is 0 Å². The lowest BCUT2D eigenvalue weighted by atomic mass is 10.0. The Kier molecular flexibility index (Phi) is 5.12. The van der Waals surface area contributed by atoms with E-state index < -0.39 is 0 Å². The maximum atomic E-state index is 5.99. The Bertz CT molecular complexity index is 314.